The van der Waals surface area contributed by atoms with E-state index in [0.29, 0.717) is 6.42 Å². The molecule has 2 rings (SSSR count). The van der Waals surface area contributed by atoms with Gasteiger partial charge >= 0.3 is 0 Å². The van der Waals surface area contributed by atoms with Crippen molar-refractivity contribution in [3.05, 3.63) is 32.7 Å². The van der Waals surface area contributed by atoms with Crippen LogP contribution in [-0.4, -0.2) is 24.4 Å². The Morgan fingerprint density at radius 1 is 1.18 bits per heavy atom. The third kappa shape index (κ3) is 3.29. The predicted octanol–water partition coefficient (Wildman–Crippen LogP) is 1.37. The fraction of sp³-hybridized carbons (Fsp3) is 0.273. The standard InChI is InChI=1S/C11H10Br2N2O2/c12-7-1-6(2-8(13)4-7)3-9-11(17)14-5-10(16)15-9/h1-2,4,9H,3,5H2,(H,14,17)(H,15,16). The van der Waals surface area contributed by atoms with E-state index in [9.17, 15) is 9.59 Å². The molecule has 0 radical (unpaired) electrons. The fourth-order valence-electron chi connectivity index (χ4n) is 1.71. The highest BCUT2D eigenvalue weighted by Gasteiger charge is 2.25. The van der Waals surface area contributed by atoms with Crippen molar-refractivity contribution in [2.45, 2.75) is 12.5 Å². The van der Waals surface area contributed by atoms with Crippen LogP contribution in [0.4, 0.5) is 0 Å². The van der Waals surface area contributed by atoms with Gasteiger partial charge in [-0.05, 0) is 23.8 Å². The van der Waals surface area contributed by atoms with Crippen LogP contribution in [0.5, 0.6) is 0 Å². The van der Waals surface area contributed by atoms with Gasteiger partial charge in [-0.2, -0.15) is 0 Å². The Labute approximate surface area is 115 Å². The van der Waals surface area contributed by atoms with E-state index in [1.165, 1.54) is 0 Å². The van der Waals surface area contributed by atoms with Gasteiger partial charge in [0.15, 0.2) is 0 Å². The third-order valence-electron chi connectivity index (χ3n) is 2.44. The van der Waals surface area contributed by atoms with Crippen LogP contribution in [0.25, 0.3) is 0 Å². The summed E-state index contributed by atoms with van der Waals surface area (Å²) in [6, 6.07) is 5.29. The molecule has 17 heavy (non-hydrogen) atoms. The average Bonchev–Trinajstić information content (AvgIpc) is 2.22. The lowest BCUT2D eigenvalue weighted by atomic mass is 10.0. The van der Waals surface area contributed by atoms with E-state index in [-0.39, 0.29) is 18.4 Å². The molecule has 0 aromatic heterocycles. The Bertz CT molecular complexity index is 456. The minimum Gasteiger partial charge on any atom is -0.345 e. The van der Waals surface area contributed by atoms with Crippen LogP contribution in [-0.2, 0) is 16.0 Å². The molecule has 1 aliphatic heterocycles. The molecule has 4 nitrogen and oxygen atoms in total. The molecule has 1 aromatic carbocycles. The number of piperazine rings is 1. The summed E-state index contributed by atoms with van der Waals surface area (Å²) < 4.78 is 1.87. The Kier molecular flexibility index (Phi) is 3.83. The Balaban J connectivity index is 2.13. The molecular formula is C11H10Br2N2O2. The average molecular weight is 362 g/mol. The molecule has 2 amide bonds. The molecule has 1 aliphatic rings. The lowest BCUT2D eigenvalue weighted by Crippen LogP contribution is -2.56. The van der Waals surface area contributed by atoms with Crippen LogP contribution in [0.15, 0.2) is 27.1 Å². The molecular weight excluding hydrogens is 352 g/mol. The van der Waals surface area contributed by atoms with E-state index in [1.54, 1.807) is 0 Å². The monoisotopic (exact) mass is 360 g/mol. The first kappa shape index (κ1) is 12.6. The zero-order valence-electron chi connectivity index (χ0n) is 8.80. The maximum absolute atomic E-state index is 11.6. The first-order chi connectivity index (χ1) is 8.04. The number of hydrogen-bond donors (Lipinski definition) is 2. The third-order valence-corrected chi connectivity index (χ3v) is 3.35. The van der Waals surface area contributed by atoms with Gasteiger partial charge in [-0.25, -0.2) is 0 Å². The van der Waals surface area contributed by atoms with Gasteiger partial charge < -0.3 is 10.6 Å². The molecule has 0 spiro atoms. The Hall–Kier alpha value is -0.880. The highest BCUT2D eigenvalue weighted by Crippen LogP contribution is 2.21. The van der Waals surface area contributed by atoms with Crippen LogP contribution in [0.1, 0.15) is 5.56 Å². The molecule has 6 heteroatoms. The normalized spacial score (nSPS) is 19.8. The van der Waals surface area contributed by atoms with E-state index in [1.807, 2.05) is 18.2 Å². The number of benzene rings is 1. The number of halogens is 2. The number of nitrogens with one attached hydrogen (secondary N) is 2. The number of amides is 2. The molecule has 2 N–H and O–H groups in total. The van der Waals surface area contributed by atoms with Crippen molar-refractivity contribution in [1.82, 2.24) is 10.6 Å². The topological polar surface area (TPSA) is 58.2 Å². The largest absolute Gasteiger partial charge is 0.345 e. The van der Waals surface area contributed by atoms with E-state index >= 15 is 0 Å². The van der Waals surface area contributed by atoms with Gasteiger partial charge in [0.25, 0.3) is 0 Å². The Morgan fingerprint density at radius 2 is 1.82 bits per heavy atom. The zero-order chi connectivity index (χ0) is 12.4. The number of carbonyl (C=O) groups is 2. The first-order valence-corrected chi connectivity index (χ1v) is 6.65. The number of hydrogen-bond acceptors (Lipinski definition) is 2. The van der Waals surface area contributed by atoms with Gasteiger partial charge in [-0.15, -0.1) is 0 Å². The maximum Gasteiger partial charge on any atom is 0.243 e. The lowest BCUT2D eigenvalue weighted by Gasteiger charge is -2.23. The number of rotatable bonds is 2. The molecule has 1 unspecified atom stereocenters. The van der Waals surface area contributed by atoms with Gasteiger partial charge in [0.1, 0.15) is 6.04 Å². The second-order valence-corrected chi connectivity index (χ2v) is 5.65. The summed E-state index contributed by atoms with van der Waals surface area (Å²) in [6.07, 6.45) is 0.482. The van der Waals surface area contributed by atoms with E-state index in [2.05, 4.69) is 42.5 Å². The van der Waals surface area contributed by atoms with E-state index < -0.39 is 6.04 Å². The van der Waals surface area contributed by atoms with Crippen molar-refractivity contribution in [3.8, 4) is 0 Å². The van der Waals surface area contributed by atoms with Crippen LogP contribution in [0.2, 0.25) is 0 Å². The molecule has 1 atom stereocenters. The minimum atomic E-state index is -0.488. The summed E-state index contributed by atoms with van der Waals surface area (Å²) in [5.41, 5.74) is 0.980. The SMILES string of the molecule is O=C1CNC(=O)C(Cc2cc(Br)cc(Br)c2)N1. The molecule has 1 saturated heterocycles. The molecule has 0 bridgehead atoms. The first-order valence-electron chi connectivity index (χ1n) is 5.06. The zero-order valence-corrected chi connectivity index (χ0v) is 12.0. The molecule has 1 aromatic rings. The van der Waals surface area contributed by atoms with Gasteiger partial charge in [0.05, 0.1) is 6.54 Å². The predicted molar refractivity (Wildman–Crippen MR) is 70.5 cm³/mol. The summed E-state index contributed by atoms with van der Waals surface area (Å²) in [5, 5.41) is 5.23. The summed E-state index contributed by atoms with van der Waals surface area (Å²) in [5.74, 6) is -0.288. The van der Waals surface area contributed by atoms with Crippen LogP contribution < -0.4 is 10.6 Å². The van der Waals surface area contributed by atoms with Crippen molar-refractivity contribution in [2.24, 2.45) is 0 Å². The molecule has 0 saturated carbocycles. The highest BCUT2D eigenvalue weighted by atomic mass is 79.9. The summed E-state index contributed by atoms with van der Waals surface area (Å²) in [4.78, 5) is 22.8. The summed E-state index contributed by atoms with van der Waals surface area (Å²) in [6.45, 7) is 0.0670. The maximum atomic E-state index is 11.6. The van der Waals surface area contributed by atoms with Crippen molar-refractivity contribution < 1.29 is 9.59 Å². The van der Waals surface area contributed by atoms with Crippen molar-refractivity contribution in [1.29, 1.82) is 0 Å². The van der Waals surface area contributed by atoms with Crippen molar-refractivity contribution in [2.75, 3.05) is 6.54 Å². The van der Waals surface area contributed by atoms with Gasteiger partial charge in [0.2, 0.25) is 11.8 Å². The second-order valence-electron chi connectivity index (χ2n) is 3.82. The highest BCUT2D eigenvalue weighted by molar-refractivity contribution is 9.11. The summed E-state index contributed by atoms with van der Waals surface area (Å²) in [7, 11) is 0. The second kappa shape index (κ2) is 5.18. The fourth-order valence-corrected chi connectivity index (χ4v) is 3.10. The molecule has 0 aliphatic carbocycles. The molecule has 1 fully saturated rings. The molecule has 90 valence electrons. The van der Waals surface area contributed by atoms with E-state index in [4.69, 9.17) is 0 Å². The smallest absolute Gasteiger partial charge is 0.243 e. The molecule has 1 heterocycles. The summed E-state index contributed by atoms with van der Waals surface area (Å²) >= 11 is 6.77. The van der Waals surface area contributed by atoms with E-state index in [0.717, 1.165) is 14.5 Å². The van der Waals surface area contributed by atoms with Crippen molar-refractivity contribution >= 4 is 43.7 Å². The minimum absolute atomic E-state index is 0.0670. The van der Waals surface area contributed by atoms with Gasteiger partial charge in [-0.3, -0.25) is 9.59 Å². The van der Waals surface area contributed by atoms with Crippen LogP contribution >= 0.6 is 31.9 Å². The van der Waals surface area contributed by atoms with Gasteiger partial charge in [0, 0.05) is 15.4 Å². The quantitative estimate of drug-likeness (QED) is 0.835. The Morgan fingerprint density at radius 3 is 2.47 bits per heavy atom. The number of carbonyl (C=O) groups excluding carboxylic acids is 2. The van der Waals surface area contributed by atoms with Crippen LogP contribution in [0, 0.1) is 0 Å². The lowest BCUT2D eigenvalue weighted by molar-refractivity contribution is -0.133. The van der Waals surface area contributed by atoms with Gasteiger partial charge in [-0.1, -0.05) is 31.9 Å². The van der Waals surface area contributed by atoms with Crippen LogP contribution in [0.3, 0.4) is 0 Å². The van der Waals surface area contributed by atoms with Crippen molar-refractivity contribution in [3.63, 3.8) is 0 Å².